The zero-order valence-corrected chi connectivity index (χ0v) is 20.6. The summed E-state index contributed by atoms with van der Waals surface area (Å²) in [6, 6.07) is 15.1. The molecular formula is C21H21IN5OPS. The summed E-state index contributed by atoms with van der Waals surface area (Å²) in [7, 11) is 0. The number of aryl methyl sites for hydroxylation is 1. The van der Waals surface area contributed by atoms with E-state index in [9.17, 15) is 0 Å². The smallest absolute Gasteiger partial charge is 0.130 e. The van der Waals surface area contributed by atoms with Gasteiger partial charge in [0.15, 0.2) is 0 Å². The van der Waals surface area contributed by atoms with Gasteiger partial charge in [-0.25, -0.2) is 9.44 Å². The second kappa shape index (κ2) is 8.49. The van der Waals surface area contributed by atoms with Crippen LogP contribution in [-0.2, 0) is 4.74 Å². The van der Waals surface area contributed by atoms with E-state index in [1.54, 1.807) is 0 Å². The highest BCUT2D eigenvalue weighted by atomic mass is 127. The molecule has 4 heterocycles. The molecule has 1 fully saturated rings. The topological polar surface area (TPSA) is 56.1 Å². The van der Waals surface area contributed by atoms with Crippen LogP contribution in [0.5, 0.6) is 0 Å². The Bertz CT molecular complexity index is 1200. The van der Waals surface area contributed by atoms with Crippen LogP contribution < -0.4 is 4.90 Å². The van der Waals surface area contributed by atoms with Crippen LogP contribution in [-0.4, -0.2) is 44.7 Å². The van der Waals surface area contributed by atoms with Crippen LogP contribution >= 0.6 is 39.9 Å². The largest absolute Gasteiger partial charge is 0.377 e. The van der Waals surface area contributed by atoms with Crippen LogP contribution in [0.2, 0.25) is 0 Å². The number of fused-ring (bicyclic) bond motifs is 1. The average molecular weight is 549 g/mol. The lowest BCUT2D eigenvalue weighted by molar-refractivity contribution is 0.0986. The van der Waals surface area contributed by atoms with E-state index in [0.29, 0.717) is 6.37 Å². The summed E-state index contributed by atoms with van der Waals surface area (Å²) in [6.07, 6.45) is 0.512. The Hall–Kier alpha value is -1.61. The maximum Gasteiger partial charge on any atom is 0.130 e. The number of aromatic nitrogens is 4. The van der Waals surface area contributed by atoms with E-state index >= 15 is 0 Å². The molecule has 9 heteroatoms. The minimum atomic E-state index is 0.283. The third kappa shape index (κ3) is 3.64. The predicted octanol–water partition coefficient (Wildman–Crippen LogP) is 5.55. The van der Waals surface area contributed by atoms with E-state index in [2.05, 4.69) is 75.4 Å². The molecule has 1 aromatic carbocycles. The Morgan fingerprint density at radius 2 is 2.07 bits per heavy atom. The van der Waals surface area contributed by atoms with Crippen molar-refractivity contribution in [3.05, 3.63) is 48.2 Å². The van der Waals surface area contributed by atoms with Crippen molar-refractivity contribution in [2.45, 2.75) is 19.9 Å². The molecule has 0 radical (unpaired) electrons. The lowest BCUT2D eigenvalue weighted by Crippen LogP contribution is -2.44. The summed E-state index contributed by atoms with van der Waals surface area (Å²) >= 11 is 3.88. The summed E-state index contributed by atoms with van der Waals surface area (Å²) in [4.78, 5) is 7.48. The summed E-state index contributed by atoms with van der Waals surface area (Å²) in [5.41, 5.74) is 6.26. The minimum absolute atomic E-state index is 0.283. The number of pyridine rings is 1. The number of rotatable bonds is 4. The van der Waals surface area contributed by atoms with Crippen molar-refractivity contribution in [2.75, 3.05) is 24.7 Å². The molecule has 1 unspecified atom stereocenters. The second-order valence-electron chi connectivity index (χ2n) is 7.39. The minimum Gasteiger partial charge on any atom is -0.377 e. The van der Waals surface area contributed by atoms with Crippen LogP contribution in [0.15, 0.2) is 42.5 Å². The number of anilines is 1. The molecule has 2 atom stereocenters. The zero-order valence-electron chi connectivity index (χ0n) is 16.7. The molecule has 30 heavy (non-hydrogen) atoms. The summed E-state index contributed by atoms with van der Waals surface area (Å²) in [5.74, 6) is 0.985. The number of halogens is 1. The zero-order chi connectivity index (χ0) is 20.7. The van der Waals surface area contributed by atoms with Gasteiger partial charge in [-0.1, -0.05) is 30.3 Å². The van der Waals surface area contributed by atoms with Gasteiger partial charge in [0.1, 0.15) is 17.0 Å². The van der Waals surface area contributed by atoms with Crippen molar-refractivity contribution in [1.82, 2.24) is 18.9 Å². The Kier molecular flexibility index (Phi) is 5.75. The van der Waals surface area contributed by atoms with Crippen LogP contribution in [0.4, 0.5) is 5.82 Å². The highest BCUT2D eigenvalue weighted by Gasteiger charge is 2.24. The number of nitrogens with zero attached hydrogens (tertiary/aromatic N) is 5. The van der Waals surface area contributed by atoms with Crippen LogP contribution in [0.1, 0.15) is 12.6 Å². The number of hydrogen-bond donors (Lipinski definition) is 0. The summed E-state index contributed by atoms with van der Waals surface area (Å²) in [6.45, 7) is 6.50. The summed E-state index contributed by atoms with van der Waals surface area (Å²) < 4.78 is 13.7. The van der Waals surface area contributed by atoms with Crippen molar-refractivity contribution in [1.29, 1.82) is 0 Å². The Labute approximate surface area is 194 Å². The maximum atomic E-state index is 5.66. The SMILES string of the molecule is Cc1cc(-c2nsc3c(-c4ccccc4)cc(N4CCOC[C@H]4C)nc23)n(PI)n1. The molecule has 0 bridgehead atoms. The first-order valence-corrected chi connectivity index (χ1v) is 14.6. The van der Waals surface area contributed by atoms with Crippen molar-refractivity contribution < 1.29 is 4.74 Å². The Morgan fingerprint density at radius 3 is 2.83 bits per heavy atom. The molecule has 1 aliphatic heterocycles. The van der Waals surface area contributed by atoms with Gasteiger partial charge in [0.25, 0.3) is 0 Å². The van der Waals surface area contributed by atoms with E-state index in [0.717, 1.165) is 52.9 Å². The molecule has 154 valence electrons. The van der Waals surface area contributed by atoms with Crippen molar-refractivity contribution in [3.8, 4) is 22.5 Å². The van der Waals surface area contributed by atoms with E-state index in [1.807, 2.05) is 17.4 Å². The van der Waals surface area contributed by atoms with Crippen LogP contribution in [0.25, 0.3) is 32.7 Å². The third-order valence-corrected chi connectivity index (χ3v) is 8.05. The molecule has 0 aliphatic carbocycles. The van der Waals surface area contributed by atoms with Gasteiger partial charge in [-0.3, -0.25) is 0 Å². The molecule has 0 spiro atoms. The lowest BCUT2D eigenvalue weighted by atomic mass is 10.0. The fourth-order valence-electron chi connectivity index (χ4n) is 3.85. The fraction of sp³-hybridized carbons (Fsp3) is 0.286. The molecule has 6 nitrogen and oxygen atoms in total. The van der Waals surface area contributed by atoms with Gasteiger partial charge in [-0.05, 0) is 65.1 Å². The maximum absolute atomic E-state index is 5.66. The highest BCUT2D eigenvalue weighted by molar-refractivity contribution is 14.2. The molecule has 3 aromatic heterocycles. The molecule has 0 saturated carbocycles. The monoisotopic (exact) mass is 549 g/mol. The molecule has 1 aliphatic rings. The van der Waals surface area contributed by atoms with Gasteiger partial charge >= 0.3 is 0 Å². The Morgan fingerprint density at radius 1 is 1.23 bits per heavy atom. The standard InChI is InChI=1S/C21H21IN5OPS/c1-13-10-17(27(24-13)29-22)19-20-21(30-25-19)16(15-6-4-3-5-7-15)11-18(23-20)26-8-9-28-12-14(26)2/h3-7,10-11,14,29H,8-9,12H2,1-2H3/t14-/m1/s1. The van der Waals surface area contributed by atoms with E-state index < -0.39 is 0 Å². The fourth-order valence-corrected chi connectivity index (χ4v) is 6.28. The lowest BCUT2D eigenvalue weighted by Gasteiger charge is -2.34. The second-order valence-corrected chi connectivity index (χ2v) is 10.2. The van der Waals surface area contributed by atoms with Crippen LogP contribution in [0.3, 0.4) is 0 Å². The van der Waals surface area contributed by atoms with E-state index in [-0.39, 0.29) is 6.04 Å². The van der Waals surface area contributed by atoms with Crippen molar-refractivity contribution >= 4 is 56.0 Å². The van der Waals surface area contributed by atoms with Crippen molar-refractivity contribution in [3.63, 3.8) is 0 Å². The van der Waals surface area contributed by atoms with E-state index in [1.165, 1.54) is 22.7 Å². The molecule has 4 aromatic rings. The predicted molar refractivity (Wildman–Crippen MR) is 134 cm³/mol. The molecule has 0 N–H and O–H groups in total. The molecular weight excluding hydrogens is 528 g/mol. The summed E-state index contributed by atoms with van der Waals surface area (Å²) in [5, 5.41) is 4.63. The van der Waals surface area contributed by atoms with Gasteiger partial charge in [0.2, 0.25) is 0 Å². The first kappa shape index (κ1) is 20.3. The van der Waals surface area contributed by atoms with Gasteiger partial charge in [-0.2, -0.15) is 9.47 Å². The van der Waals surface area contributed by atoms with Gasteiger partial charge in [0, 0.05) is 12.1 Å². The molecule has 0 amide bonds. The van der Waals surface area contributed by atoms with Crippen molar-refractivity contribution in [2.24, 2.45) is 0 Å². The Balaban J connectivity index is 1.75. The van der Waals surface area contributed by atoms with Gasteiger partial charge in [-0.15, -0.1) is 0 Å². The first-order chi connectivity index (χ1) is 14.7. The first-order valence-electron chi connectivity index (χ1n) is 9.79. The average Bonchev–Trinajstić information content (AvgIpc) is 3.36. The third-order valence-electron chi connectivity index (χ3n) is 5.31. The number of hydrogen-bond acceptors (Lipinski definition) is 6. The number of ether oxygens (including phenoxy) is 1. The van der Waals surface area contributed by atoms with Crippen LogP contribution in [0, 0.1) is 6.92 Å². The number of morpholine rings is 1. The van der Waals surface area contributed by atoms with E-state index in [4.69, 9.17) is 14.1 Å². The molecule has 5 rings (SSSR count). The quantitative estimate of drug-likeness (QED) is 0.247. The van der Waals surface area contributed by atoms with Gasteiger partial charge in [0.05, 0.1) is 41.7 Å². The normalized spacial score (nSPS) is 17.4. The number of benzene rings is 1. The highest BCUT2D eigenvalue weighted by Crippen LogP contribution is 2.41. The van der Waals surface area contributed by atoms with Gasteiger partial charge < -0.3 is 9.64 Å². The molecule has 1 saturated heterocycles.